The summed E-state index contributed by atoms with van der Waals surface area (Å²) < 4.78 is 23.4. The van der Waals surface area contributed by atoms with Crippen LogP contribution >= 0.6 is 0 Å². The molecule has 0 aromatic carbocycles. The van der Waals surface area contributed by atoms with Gasteiger partial charge in [-0.2, -0.15) is 0 Å². The van der Waals surface area contributed by atoms with Crippen LogP contribution in [0.4, 0.5) is 0 Å². The van der Waals surface area contributed by atoms with Gasteiger partial charge in [0.2, 0.25) is 0 Å². The Morgan fingerprint density at radius 3 is 2.00 bits per heavy atom. The molecule has 0 amide bonds. The zero-order valence-corrected chi connectivity index (χ0v) is 20.3. The first-order valence-electron chi connectivity index (χ1n) is 12.5. The second-order valence-electron chi connectivity index (χ2n) is 9.82. The number of aliphatic hydroxyl groups is 5. The summed E-state index contributed by atoms with van der Waals surface area (Å²) in [5.41, 5.74) is 29.7. The van der Waals surface area contributed by atoms with Crippen molar-refractivity contribution in [1.29, 1.82) is 0 Å². The minimum Gasteiger partial charge on any atom is -0.394 e. The Balaban J connectivity index is 1.72. The van der Waals surface area contributed by atoms with Crippen molar-refractivity contribution in [3.05, 3.63) is 0 Å². The van der Waals surface area contributed by atoms with Gasteiger partial charge in [-0.25, -0.2) is 0 Å². The fraction of sp³-hybridized carbons (Fsp3) is 1.00. The Morgan fingerprint density at radius 2 is 1.42 bits per heavy atom. The summed E-state index contributed by atoms with van der Waals surface area (Å²) in [6.45, 7) is 0.565. The first-order chi connectivity index (χ1) is 17.1. The van der Waals surface area contributed by atoms with Crippen molar-refractivity contribution >= 4 is 0 Å². The highest BCUT2D eigenvalue weighted by Gasteiger charge is 2.50. The van der Waals surface area contributed by atoms with Gasteiger partial charge >= 0.3 is 0 Å². The van der Waals surface area contributed by atoms with E-state index >= 15 is 0 Å². The molecule has 2 heterocycles. The molecule has 14 atom stereocenters. The Labute approximate surface area is 210 Å². The Hall–Kier alpha value is -0.600. The summed E-state index contributed by atoms with van der Waals surface area (Å²) in [6, 6.07) is -3.00. The molecule has 3 aliphatic rings. The molecule has 15 heteroatoms. The van der Waals surface area contributed by atoms with Gasteiger partial charge in [0.15, 0.2) is 12.6 Å². The van der Waals surface area contributed by atoms with E-state index in [2.05, 4.69) is 5.32 Å². The summed E-state index contributed by atoms with van der Waals surface area (Å²) in [6.07, 6.45) is -9.78. The molecule has 36 heavy (non-hydrogen) atoms. The molecular formula is C21H44N6O9. The second kappa shape index (κ2) is 13.5. The van der Waals surface area contributed by atoms with Crippen LogP contribution in [0.3, 0.4) is 0 Å². The zero-order chi connectivity index (χ0) is 26.6. The molecule has 3 rings (SSSR count). The molecule has 0 aromatic heterocycles. The van der Waals surface area contributed by atoms with Gasteiger partial charge in [0, 0.05) is 18.6 Å². The average Bonchev–Trinajstić information content (AvgIpc) is 2.85. The molecule has 212 valence electrons. The number of rotatable bonds is 10. The SMILES string of the molecule is NCCCN[C@@H]1C[C@H](O)[C@@H](CN)O[C@@H]1OC1[C@@H](N)C[C@@H](N)[C@H](O[C@H]2O[C@H](CO)[C@@H](O)[C@H](N)[C@H]2O)[C@H]1O. The van der Waals surface area contributed by atoms with Crippen molar-refractivity contribution in [3.63, 3.8) is 0 Å². The Bertz CT molecular complexity index is 669. The lowest BCUT2D eigenvalue weighted by Gasteiger charge is -2.48. The van der Waals surface area contributed by atoms with E-state index in [4.69, 9.17) is 47.6 Å². The average molecular weight is 525 g/mol. The zero-order valence-electron chi connectivity index (χ0n) is 20.3. The van der Waals surface area contributed by atoms with Gasteiger partial charge in [0.25, 0.3) is 0 Å². The van der Waals surface area contributed by atoms with Crippen LogP contribution in [0.25, 0.3) is 0 Å². The van der Waals surface area contributed by atoms with Crippen molar-refractivity contribution < 1.29 is 44.5 Å². The van der Waals surface area contributed by atoms with Crippen molar-refractivity contribution in [1.82, 2.24) is 5.32 Å². The minimum absolute atomic E-state index is 0.0709. The third-order valence-corrected chi connectivity index (χ3v) is 7.16. The van der Waals surface area contributed by atoms with Gasteiger partial charge in [-0.1, -0.05) is 0 Å². The highest BCUT2D eigenvalue weighted by Crippen LogP contribution is 2.31. The fourth-order valence-electron chi connectivity index (χ4n) is 4.97. The maximum atomic E-state index is 11.2. The van der Waals surface area contributed by atoms with Crippen LogP contribution in [0, 0.1) is 0 Å². The van der Waals surface area contributed by atoms with Crippen LogP contribution in [-0.2, 0) is 18.9 Å². The monoisotopic (exact) mass is 524 g/mol. The van der Waals surface area contributed by atoms with E-state index in [0.717, 1.165) is 0 Å². The van der Waals surface area contributed by atoms with E-state index in [1.165, 1.54) is 0 Å². The Morgan fingerprint density at radius 1 is 0.806 bits per heavy atom. The normalized spacial score (nSPS) is 48.2. The number of nitrogens with two attached hydrogens (primary N) is 5. The van der Waals surface area contributed by atoms with Gasteiger partial charge in [0.05, 0.1) is 30.9 Å². The van der Waals surface area contributed by atoms with Crippen LogP contribution in [0.2, 0.25) is 0 Å². The summed E-state index contributed by atoms with van der Waals surface area (Å²) in [7, 11) is 0. The minimum atomic E-state index is -1.44. The molecule has 1 saturated carbocycles. The quantitative estimate of drug-likeness (QED) is 0.118. The van der Waals surface area contributed by atoms with Crippen LogP contribution in [0.5, 0.6) is 0 Å². The molecule has 0 radical (unpaired) electrons. The van der Waals surface area contributed by atoms with E-state index in [-0.39, 0.29) is 13.0 Å². The third kappa shape index (κ3) is 6.69. The smallest absolute Gasteiger partial charge is 0.186 e. The van der Waals surface area contributed by atoms with Crippen molar-refractivity contribution in [2.24, 2.45) is 28.7 Å². The molecule has 0 aromatic rings. The molecule has 0 spiro atoms. The lowest BCUT2D eigenvalue weighted by molar-refractivity contribution is -0.315. The summed E-state index contributed by atoms with van der Waals surface area (Å²) in [4.78, 5) is 0. The standard InChI is InChI=1S/C21H44N6O9/c22-2-1-3-27-10-5-11(29)12(6-23)33-20(10)35-18-8(24)4-9(25)19(17(18)32)36-21-16(31)14(26)15(30)13(7-28)34-21/h8-21,27-32H,1-7,22-26H2/t8-,9+,10+,11-,12+,13+,14-,15+,16+,17-,18?,19-,20+,21+/m0/s1. The largest absolute Gasteiger partial charge is 0.394 e. The number of ether oxygens (including phenoxy) is 4. The highest BCUT2D eigenvalue weighted by atomic mass is 16.7. The van der Waals surface area contributed by atoms with Crippen molar-refractivity contribution in [2.75, 3.05) is 26.2 Å². The van der Waals surface area contributed by atoms with Crippen molar-refractivity contribution in [2.45, 2.75) is 105 Å². The first kappa shape index (κ1) is 29.9. The van der Waals surface area contributed by atoms with E-state index in [9.17, 15) is 25.5 Å². The topological polar surface area (TPSA) is 280 Å². The lowest BCUT2D eigenvalue weighted by Crippen LogP contribution is -2.68. The fourth-order valence-corrected chi connectivity index (χ4v) is 4.97. The van der Waals surface area contributed by atoms with Gasteiger partial charge in [-0.3, -0.25) is 0 Å². The maximum absolute atomic E-state index is 11.2. The number of hydrogen-bond donors (Lipinski definition) is 11. The molecule has 16 N–H and O–H groups in total. The molecule has 1 unspecified atom stereocenters. The van der Waals surface area contributed by atoms with Crippen molar-refractivity contribution in [3.8, 4) is 0 Å². The number of nitrogens with one attached hydrogen (secondary N) is 1. The third-order valence-electron chi connectivity index (χ3n) is 7.16. The summed E-state index contributed by atoms with van der Waals surface area (Å²) >= 11 is 0. The molecular weight excluding hydrogens is 480 g/mol. The van der Waals surface area contributed by atoms with Crippen LogP contribution in [0.1, 0.15) is 19.3 Å². The molecule has 15 nitrogen and oxygen atoms in total. The maximum Gasteiger partial charge on any atom is 0.186 e. The highest BCUT2D eigenvalue weighted by molar-refractivity contribution is 5.01. The van der Waals surface area contributed by atoms with Gasteiger partial charge < -0.3 is 78.5 Å². The first-order valence-corrected chi connectivity index (χ1v) is 12.5. The predicted molar refractivity (Wildman–Crippen MR) is 126 cm³/mol. The molecule has 3 fully saturated rings. The van der Waals surface area contributed by atoms with Crippen LogP contribution < -0.4 is 34.0 Å². The molecule has 2 saturated heterocycles. The molecule has 1 aliphatic carbocycles. The van der Waals surface area contributed by atoms with Gasteiger partial charge in [-0.15, -0.1) is 0 Å². The van der Waals surface area contributed by atoms with E-state index in [1.807, 2.05) is 0 Å². The summed E-state index contributed by atoms with van der Waals surface area (Å²) in [5.74, 6) is 0. The lowest BCUT2D eigenvalue weighted by atomic mass is 9.84. The summed E-state index contributed by atoms with van der Waals surface area (Å²) in [5, 5.41) is 54.8. The predicted octanol–water partition coefficient (Wildman–Crippen LogP) is -6.32. The second-order valence-corrected chi connectivity index (χ2v) is 9.82. The molecule has 0 bridgehead atoms. The van der Waals surface area contributed by atoms with Gasteiger partial charge in [-0.05, 0) is 32.4 Å². The number of hydrogen-bond acceptors (Lipinski definition) is 15. The van der Waals surface area contributed by atoms with E-state index in [1.54, 1.807) is 0 Å². The van der Waals surface area contributed by atoms with E-state index in [0.29, 0.717) is 25.9 Å². The van der Waals surface area contributed by atoms with Crippen LogP contribution in [0.15, 0.2) is 0 Å². The molecule has 2 aliphatic heterocycles. The Kier molecular flexibility index (Phi) is 11.2. The van der Waals surface area contributed by atoms with Gasteiger partial charge in [0.1, 0.15) is 36.6 Å². The van der Waals surface area contributed by atoms with Crippen LogP contribution in [-0.4, -0.2) is 137 Å². The van der Waals surface area contributed by atoms with E-state index < -0.39 is 92.2 Å². The number of aliphatic hydroxyl groups excluding tert-OH is 5.